The minimum atomic E-state index is -1.40. The van der Waals surface area contributed by atoms with Gasteiger partial charge in [-0.25, -0.2) is 9.59 Å². The Morgan fingerprint density at radius 1 is 0.750 bits per heavy atom. The van der Waals surface area contributed by atoms with E-state index in [1.165, 1.54) is 20.3 Å². The number of hydrogen-bond donors (Lipinski definition) is 3. The summed E-state index contributed by atoms with van der Waals surface area (Å²) in [5, 5.41) is 21.2. The van der Waals surface area contributed by atoms with E-state index in [1.807, 2.05) is 0 Å². The minimum absolute atomic E-state index is 0.0946. The van der Waals surface area contributed by atoms with Crippen LogP contribution in [0.5, 0.6) is 23.0 Å². The number of nitrogens with one attached hydrogen (secondary N) is 1. The van der Waals surface area contributed by atoms with Gasteiger partial charge in [-0.05, 0) is 42.5 Å². The lowest BCUT2D eigenvalue weighted by atomic mass is 10.1. The molecule has 0 spiro atoms. The van der Waals surface area contributed by atoms with Gasteiger partial charge >= 0.3 is 11.9 Å². The summed E-state index contributed by atoms with van der Waals surface area (Å²) in [6.07, 6.45) is 0. The number of methoxy groups -OCH3 is 2. The Labute approximate surface area is 182 Å². The Bertz CT molecular complexity index is 1170. The summed E-state index contributed by atoms with van der Waals surface area (Å²) in [5.74, 6) is -2.01. The maximum Gasteiger partial charge on any atom is 0.336 e. The number of para-hydroxylation sites is 2. The molecule has 0 fully saturated rings. The van der Waals surface area contributed by atoms with E-state index in [9.17, 15) is 19.5 Å². The molecule has 0 radical (unpaired) electrons. The Kier molecular flexibility index (Phi) is 6.59. The van der Waals surface area contributed by atoms with Gasteiger partial charge in [-0.1, -0.05) is 12.1 Å². The van der Waals surface area contributed by atoms with Gasteiger partial charge in [0, 0.05) is 11.6 Å². The van der Waals surface area contributed by atoms with E-state index in [0.717, 1.165) is 12.1 Å². The molecule has 3 aromatic rings. The van der Waals surface area contributed by atoms with E-state index >= 15 is 0 Å². The van der Waals surface area contributed by atoms with Crippen LogP contribution >= 0.6 is 0 Å². The molecule has 9 nitrogen and oxygen atoms in total. The quantitative estimate of drug-likeness (QED) is 0.479. The monoisotopic (exact) mass is 437 g/mol. The number of anilines is 1. The summed E-state index contributed by atoms with van der Waals surface area (Å²) in [6.45, 7) is 0. The van der Waals surface area contributed by atoms with Crippen LogP contribution in [0.2, 0.25) is 0 Å². The lowest BCUT2D eigenvalue weighted by Crippen LogP contribution is -2.13. The summed E-state index contributed by atoms with van der Waals surface area (Å²) in [6, 6.07) is 14.9. The first kappa shape index (κ1) is 22.2. The summed E-state index contributed by atoms with van der Waals surface area (Å²) < 4.78 is 16.1. The highest BCUT2D eigenvalue weighted by Gasteiger charge is 2.18. The molecule has 164 valence electrons. The van der Waals surface area contributed by atoms with Crippen molar-refractivity contribution in [2.45, 2.75) is 0 Å². The van der Waals surface area contributed by atoms with Gasteiger partial charge in [0.15, 0.2) is 5.75 Å². The largest absolute Gasteiger partial charge is 0.497 e. The van der Waals surface area contributed by atoms with Crippen molar-refractivity contribution in [3.8, 4) is 23.0 Å². The first-order valence-electron chi connectivity index (χ1n) is 9.24. The first-order valence-corrected chi connectivity index (χ1v) is 9.24. The second kappa shape index (κ2) is 9.52. The fourth-order valence-corrected chi connectivity index (χ4v) is 2.87. The molecule has 0 aromatic heterocycles. The average molecular weight is 437 g/mol. The van der Waals surface area contributed by atoms with Crippen LogP contribution in [-0.2, 0) is 0 Å². The van der Waals surface area contributed by atoms with E-state index in [2.05, 4.69) is 5.32 Å². The zero-order valence-corrected chi connectivity index (χ0v) is 17.1. The molecule has 3 aromatic carbocycles. The number of carboxylic acid groups (broad SMARTS) is 2. The summed E-state index contributed by atoms with van der Waals surface area (Å²) in [5.41, 5.74) is -0.174. The molecule has 0 atom stereocenters. The van der Waals surface area contributed by atoms with E-state index < -0.39 is 23.4 Å². The molecule has 9 heteroatoms. The van der Waals surface area contributed by atoms with E-state index in [-0.39, 0.29) is 22.6 Å². The Morgan fingerprint density at radius 2 is 1.38 bits per heavy atom. The lowest BCUT2D eigenvalue weighted by Gasteiger charge is -2.14. The standard InChI is InChI=1S/C23H19NO8/c1-30-15-9-13(10-16(11-15)31-2)21(25)24-19-5-3-4-6-20(19)32-14-7-8-17(22(26)27)18(12-14)23(28)29/h3-12H,1-2H3,(H,24,25)(H,26,27)(H,28,29). The topological polar surface area (TPSA) is 131 Å². The molecule has 32 heavy (non-hydrogen) atoms. The highest BCUT2D eigenvalue weighted by atomic mass is 16.5. The second-order valence-electron chi connectivity index (χ2n) is 6.47. The fraction of sp³-hybridized carbons (Fsp3) is 0.0870. The molecule has 0 heterocycles. The zero-order chi connectivity index (χ0) is 23.3. The van der Waals surface area contributed by atoms with Gasteiger partial charge in [-0.3, -0.25) is 4.79 Å². The van der Waals surface area contributed by atoms with Gasteiger partial charge in [0.25, 0.3) is 5.91 Å². The summed E-state index contributed by atoms with van der Waals surface area (Å²) in [4.78, 5) is 35.4. The number of carbonyl (C=O) groups excluding carboxylic acids is 1. The Hall–Kier alpha value is -4.53. The number of amides is 1. The maximum atomic E-state index is 12.8. The van der Waals surface area contributed by atoms with Gasteiger partial charge in [-0.15, -0.1) is 0 Å². The van der Waals surface area contributed by atoms with Crippen molar-refractivity contribution in [2.24, 2.45) is 0 Å². The van der Waals surface area contributed by atoms with Crippen LogP contribution in [-0.4, -0.2) is 42.3 Å². The smallest absolute Gasteiger partial charge is 0.336 e. The number of hydrogen-bond acceptors (Lipinski definition) is 6. The van der Waals surface area contributed by atoms with Crippen molar-refractivity contribution in [2.75, 3.05) is 19.5 Å². The zero-order valence-electron chi connectivity index (χ0n) is 17.1. The summed E-state index contributed by atoms with van der Waals surface area (Å²) in [7, 11) is 2.95. The minimum Gasteiger partial charge on any atom is -0.497 e. The van der Waals surface area contributed by atoms with Crippen molar-refractivity contribution in [1.82, 2.24) is 0 Å². The number of carboxylic acids is 2. The maximum absolute atomic E-state index is 12.8. The van der Waals surface area contributed by atoms with Crippen molar-refractivity contribution in [1.29, 1.82) is 0 Å². The molecular formula is C23H19NO8. The van der Waals surface area contributed by atoms with Crippen LogP contribution in [0.1, 0.15) is 31.1 Å². The van der Waals surface area contributed by atoms with Crippen molar-refractivity contribution in [3.63, 3.8) is 0 Å². The van der Waals surface area contributed by atoms with Crippen molar-refractivity contribution >= 4 is 23.5 Å². The predicted octanol–water partition coefficient (Wildman–Crippen LogP) is 4.14. The molecule has 3 rings (SSSR count). The number of aromatic carboxylic acids is 2. The highest BCUT2D eigenvalue weighted by Crippen LogP contribution is 2.31. The summed E-state index contributed by atoms with van der Waals surface area (Å²) >= 11 is 0. The number of benzene rings is 3. The van der Waals surface area contributed by atoms with Crippen LogP contribution in [0.3, 0.4) is 0 Å². The first-order chi connectivity index (χ1) is 15.3. The molecule has 0 saturated heterocycles. The van der Waals surface area contributed by atoms with Gasteiger partial charge < -0.3 is 29.7 Å². The molecule has 0 saturated carbocycles. The number of ether oxygens (including phenoxy) is 3. The van der Waals surface area contributed by atoms with E-state index in [0.29, 0.717) is 17.2 Å². The van der Waals surface area contributed by atoms with Crippen LogP contribution in [0.4, 0.5) is 5.69 Å². The average Bonchev–Trinajstić information content (AvgIpc) is 2.79. The third kappa shape index (κ3) is 4.96. The normalized spacial score (nSPS) is 10.2. The van der Waals surface area contributed by atoms with Crippen molar-refractivity contribution < 1.29 is 38.8 Å². The van der Waals surface area contributed by atoms with Crippen LogP contribution < -0.4 is 19.5 Å². The lowest BCUT2D eigenvalue weighted by molar-refractivity contribution is 0.0651. The number of rotatable bonds is 8. The van der Waals surface area contributed by atoms with Crippen LogP contribution in [0.25, 0.3) is 0 Å². The highest BCUT2D eigenvalue weighted by molar-refractivity contribution is 6.05. The van der Waals surface area contributed by atoms with Gasteiger partial charge in [-0.2, -0.15) is 0 Å². The Balaban J connectivity index is 1.89. The molecular weight excluding hydrogens is 418 g/mol. The van der Waals surface area contributed by atoms with Gasteiger partial charge in [0.1, 0.15) is 17.2 Å². The predicted molar refractivity (Wildman–Crippen MR) is 114 cm³/mol. The molecule has 0 aliphatic rings. The SMILES string of the molecule is COc1cc(OC)cc(C(=O)Nc2ccccc2Oc2ccc(C(=O)O)c(C(=O)O)c2)c1. The molecule has 0 aliphatic heterocycles. The molecule has 0 unspecified atom stereocenters. The number of carbonyl (C=O) groups is 3. The molecule has 0 bridgehead atoms. The van der Waals surface area contributed by atoms with E-state index in [4.69, 9.17) is 19.3 Å². The molecule has 1 amide bonds. The molecule has 3 N–H and O–H groups in total. The molecule has 0 aliphatic carbocycles. The van der Waals surface area contributed by atoms with Crippen molar-refractivity contribution in [3.05, 3.63) is 77.4 Å². The van der Waals surface area contributed by atoms with E-state index in [1.54, 1.807) is 42.5 Å². The Morgan fingerprint density at radius 3 is 1.97 bits per heavy atom. The van der Waals surface area contributed by atoms with Crippen LogP contribution in [0, 0.1) is 0 Å². The third-order valence-corrected chi connectivity index (χ3v) is 4.43. The van der Waals surface area contributed by atoms with Gasteiger partial charge in [0.05, 0.1) is 31.0 Å². The van der Waals surface area contributed by atoms with Crippen LogP contribution in [0.15, 0.2) is 60.7 Å². The third-order valence-electron chi connectivity index (χ3n) is 4.43. The fourth-order valence-electron chi connectivity index (χ4n) is 2.87. The van der Waals surface area contributed by atoms with Gasteiger partial charge in [0.2, 0.25) is 0 Å². The second-order valence-corrected chi connectivity index (χ2v) is 6.47.